The number of hydrazone groups is 1. The molecule has 0 saturated heterocycles. The van der Waals surface area contributed by atoms with Crippen LogP contribution >= 0.6 is 11.6 Å². The molecule has 0 spiro atoms. The largest absolute Gasteiger partial charge is 0.507 e. The molecule has 0 aliphatic heterocycles. The van der Waals surface area contributed by atoms with Crippen LogP contribution in [0.3, 0.4) is 0 Å². The minimum Gasteiger partial charge on any atom is -0.507 e. The van der Waals surface area contributed by atoms with Crippen LogP contribution in [-0.4, -0.2) is 29.2 Å². The average Bonchev–Trinajstić information content (AvgIpc) is 2.62. The molecule has 0 radical (unpaired) electrons. The lowest BCUT2D eigenvalue weighted by atomic mass is 10.0. The van der Waals surface area contributed by atoms with Crippen LogP contribution in [-0.2, 0) is 4.79 Å². The summed E-state index contributed by atoms with van der Waals surface area (Å²) in [4.78, 5) is 24.8. The van der Waals surface area contributed by atoms with Crippen molar-refractivity contribution in [1.82, 2.24) is 10.7 Å². The van der Waals surface area contributed by atoms with E-state index in [4.69, 9.17) is 11.6 Å². The number of nitrogens with one attached hydrogen (secondary N) is 2. The Morgan fingerprint density at radius 1 is 1.15 bits per heavy atom. The van der Waals surface area contributed by atoms with Crippen LogP contribution in [0.25, 0.3) is 0 Å². The number of carbonyl (C=O) groups excluding carboxylic acids is 2. The van der Waals surface area contributed by atoms with Gasteiger partial charge in [-0.3, -0.25) is 9.59 Å². The van der Waals surface area contributed by atoms with Gasteiger partial charge in [0.1, 0.15) is 11.8 Å². The van der Waals surface area contributed by atoms with Gasteiger partial charge < -0.3 is 10.4 Å². The van der Waals surface area contributed by atoms with E-state index < -0.39 is 11.9 Å². The second-order valence-corrected chi connectivity index (χ2v) is 6.89. The molecule has 3 N–H and O–H groups in total. The summed E-state index contributed by atoms with van der Waals surface area (Å²) >= 11 is 5.83. The Kier molecular flexibility index (Phi) is 7.37. The molecule has 0 fully saturated rings. The van der Waals surface area contributed by atoms with E-state index in [-0.39, 0.29) is 17.6 Å². The molecule has 7 heteroatoms. The Bertz CT molecular complexity index is 819. The van der Waals surface area contributed by atoms with E-state index in [1.54, 1.807) is 42.5 Å². The van der Waals surface area contributed by atoms with Crippen molar-refractivity contribution in [2.24, 2.45) is 11.0 Å². The number of benzene rings is 2. The summed E-state index contributed by atoms with van der Waals surface area (Å²) in [6.07, 6.45) is 1.80. The third kappa shape index (κ3) is 6.42. The van der Waals surface area contributed by atoms with E-state index in [0.29, 0.717) is 22.6 Å². The number of carbonyl (C=O) groups is 2. The van der Waals surface area contributed by atoms with Gasteiger partial charge in [0, 0.05) is 16.1 Å². The first-order valence-electron chi connectivity index (χ1n) is 8.54. The highest BCUT2D eigenvalue weighted by Crippen LogP contribution is 2.13. The minimum atomic E-state index is -0.741. The average molecular weight is 388 g/mol. The Labute approximate surface area is 163 Å². The van der Waals surface area contributed by atoms with Gasteiger partial charge in [0.15, 0.2) is 0 Å². The maximum absolute atomic E-state index is 12.5. The van der Waals surface area contributed by atoms with Crippen molar-refractivity contribution in [3.8, 4) is 5.75 Å². The number of phenolic OH excluding ortho intramolecular Hbond substituents is 1. The van der Waals surface area contributed by atoms with Crippen LogP contribution < -0.4 is 10.7 Å². The van der Waals surface area contributed by atoms with Crippen molar-refractivity contribution in [1.29, 1.82) is 0 Å². The fraction of sp³-hybridized carbons (Fsp3) is 0.250. The molecule has 2 aromatic carbocycles. The topological polar surface area (TPSA) is 90.8 Å². The van der Waals surface area contributed by atoms with E-state index in [2.05, 4.69) is 15.8 Å². The van der Waals surface area contributed by atoms with Crippen LogP contribution in [0.5, 0.6) is 5.75 Å². The highest BCUT2D eigenvalue weighted by molar-refractivity contribution is 6.30. The molecule has 27 heavy (non-hydrogen) atoms. The van der Waals surface area contributed by atoms with Crippen molar-refractivity contribution < 1.29 is 14.7 Å². The number of aromatic hydroxyl groups is 1. The zero-order valence-electron chi connectivity index (χ0n) is 15.1. The van der Waals surface area contributed by atoms with Crippen LogP contribution in [0.2, 0.25) is 5.02 Å². The highest BCUT2D eigenvalue weighted by Gasteiger charge is 2.22. The second-order valence-electron chi connectivity index (χ2n) is 6.46. The highest BCUT2D eigenvalue weighted by atomic mass is 35.5. The third-order valence-corrected chi connectivity index (χ3v) is 4.00. The number of rotatable bonds is 7. The SMILES string of the molecule is CC(C)C[C@H](NC(=O)c1ccc(Cl)cc1)C(=O)N/N=C\c1ccccc1O. The maximum atomic E-state index is 12.5. The number of amides is 2. The monoisotopic (exact) mass is 387 g/mol. The molecule has 6 nitrogen and oxygen atoms in total. The van der Waals surface area contributed by atoms with Crippen molar-refractivity contribution in [3.05, 3.63) is 64.7 Å². The number of phenols is 1. The summed E-state index contributed by atoms with van der Waals surface area (Å²) in [7, 11) is 0. The van der Waals surface area contributed by atoms with Crippen molar-refractivity contribution in [2.75, 3.05) is 0 Å². The fourth-order valence-electron chi connectivity index (χ4n) is 2.39. The second kappa shape index (κ2) is 9.73. The van der Waals surface area contributed by atoms with Gasteiger partial charge in [0.2, 0.25) is 0 Å². The van der Waals surface area contributed by atoms with E-state index in [0.717, 1.165) is 0 Å². The molecular formula is C20H22ClN3O3. The minimum absolute atomic E-state index is 0.0604. The van der Waals surface area contributed by atoms with Gasteiger partial charge in [-0.05, 0) is 48.7 Å². The van der Waals surface area contributed by atoms with Gasteiger partial charge in [-0.1, -0.05) is 37.6 Å². The van der Waals surface area contributed by atoms with Crippen molar-refractivity contribution in [2.45, 2.75) is 26.3 Å². The molecule has 0 aliphatic carbocycles. The van der Waals surface area contributed by atoms with Gasteiger partial charge in [-0.15, -0.1) is 0 Å². The zero-order valence-corrected chi connectivity index (χ0v) is 15.9. The maximum Gasteiger partial charge on any atom is 0.262 e. The standard InChI is InChI=1S/C20H22ClN3O3/c1-13(2)11-17(23-19(26)14-7-9-16(21)10-8-14)20(27)24-22-12-15-5-3-4-6-18(15)25/h3-10,12-13,17,25H,11H2,1-2H3,(H,23,26)(H,24,27)/b22-12-/t17-/m0/s1. The quantitative estimate of drug-likeness (QED) is 0.502. The van der Waals surface area contributed by atoms with Gasteiger partial charge in [-0.2, -0.15) is 5.10 Å². The van der Waals surface area contributed by atoms with Crippen molar-refractivity contribution >= 4 is 29.6 Å². The molecule has 0 aromatic heterocycles. The summed E-state index contributed by atoms with van der Waals surface area (Å²) < 4.78 is 0. The lowest BCUT2D eigenvalue weighted by Gasteiger charge is -2.19. The lowest BCUT2D eigenvalue weighted by molar-refractivity contribution is -0.123. The molecule has 0 heterocycles. The van der Waals surface area contributed by atoms with E-state index in [9.17, 15) is 14.7 Å². The molecule has 142 valence electrons. The van der Waals surface area contributed by atoms with Crippen LogP contribution in [0.15, 0.2) is 53.6 Å². The Hall–Kier alpha value is -2.86. The molecule has 0 bridgehead atoms. The predicted octanol–water partition coefficient (Wildman–Crippen LogP) is 3.34. The Balaban J connectivity index is 2.03. The van der Waals surface area contributed by atoms with E-state index in [1.165, 1.54) is 12.3 Å². The van der Waals surface area contributed by atoms with Gasteiger partial charge >= 0.3 is 0 Å². The molecule has 1 atom stereocenters. The summed E-state index contributed by atoms with van der Waals surface area (Å²) in [6.45, 7) is 3.92. The molecule has 0 unspecified atom stereocenters. The number of halogens is 1. The molecular weight excluding hydrogens is 366 g/mol. The van der Waals surface area contributed by atoms with Crippen LogP contribution in [0, 0.1) is 5.92 Å². The molecule has 0 saturated carbocycles. The van der Waals surface area contributed by atoms with E-state index >= 15 is 0 Å². The predicted molar refractivity (Wildman–Crippen MR) is 106 cm³/mol. The third-order valence-electron chi connectivity index (χ3n) is 3.75. The fourth-order valence-corrected chi connectivity index (χ4v) is 2.51. The number of para-hydroxylation sites is 1. The van der Waals surface area contributed by atoms with E-state index in [1.807, 2.05) is 13.8 Å². The summed E-state index contributed by atoms with van der Waals surface area (Å²) in [6, 6.07) is 12.3. The Morgan fingerprint density at radius 3 is 2.44 bits per heavy atom. The summed E-state index contributed by atoms with van der Waals surface area (Å²) in [5.41, 5.74) is 3.30. The molecule has 2 amide bonds. The number of hydrogen-bond acceptors (Lipinski definition) is 4. The molecule has 2 rings (SSSR count). The van der Waals surface area contributed by atoms with Crippen LogP contribution in [0.1, 0.15) is 36.2 Å². The summed E-state index contributed by atoms with van der Waals surface area (Å²) in [5, 5.41) is 16.8. The van der Waals surface area contributed by atoms with Crippen LogP contribution in [0.4, 0.5) is 0 Å². The lowest BCUT2D eigenvalue weighted by Crippen LogP contribution is -2.46. The molecule has 2 aromatic rings. The molecule has 0 aliphatic rings. The first kappa shape index (κ1) is 20.5. The van der Waals surface area contributed by atoms with Crippen molar-refractivity contribution in [3.63, 3.8) is 0 Å². The normalized spacial score (nSPS) is 12.1. The first-order chi connectivity index (χ1) is 12.9. The summed E-state index contributed by atoms with van der Waals surface area (Å²) in [5.74, 6) is -0.548. The number of nitrogens with zero attached hydrogens (tertiary/aromatic N) is 1. The Morgan fingerprint density at radius 2 is 1.81 bits per heavy atom. The van der Waals surface area contributed by atoms with Gasteiger partial charge in [-0.25, -0.2) is 5.43 Å². The first-order valence-corrected chi connectivity index (χ1v) is 8.92. The smallest absolute Gasteiger partial charge is 0.262 e. The van der Waals surface area contributed by atoms with Gasteiger partial charge in [0.05, 0.1) is 6.21 Å². The zero-order chi connectivity index (χ0) is 19.8. The number of hydrogen-bond donors (Lipinski definition) is 3. The van der Waals surface area contributed by atoms with Gasteiger partial charge in [0.25, 0.3) is 11.8 Å².